The van der Waals surface area contributed by atoms with Crippen molar-refractivity contribution >= 4 is 32.9 Å². The summed E-state index contributed by atoms with van der Waals surface area (Å²) in [6.07, 6.45) is 0. The zero-order valence-electron chi connectivity index (χ0n) is 18.2. The molecule has 0 aromatic heterocycles. The molecule has 0 aliphatic rings. The van der Waals surface area contributed by atoms with Gasteiger partial charge in [-0.05, 0) is 74.1 Å². The van der Waals surface area contributed by atoms with Crippen LogP contribution in [0.3, 0.4) is 0 Å². The Bertz CT molecular complexity index is 1560. The Morgan fingerprint density at radius 1 is 0.364 bits per heavy atom. The van der Waals surface area contributed by atoms with Crippen molar-refractivity contribution in [3.8, 4) is 22.3 Å². The highest BCUT2D eigenvalue weighted by Gasteiger charge is 2.08. The summed E-state index contributed by atoms with van der Waals surface area (Å²) >= 11 is 0. The van der Waals surface area contributed by atoms with E-state index in [2.05, 4.69) is 133 Å². The van der Waals surface area contributed by atoms with Crippen molar-refractivity contribution in [3.05, 3.63) is 133 Å². The van der Waals surface area contributed by atoms with Crippen LogP contribution in [-0.4, -0.2) is 0 Å². The Morgan fingerprint density at radius 2 is 1.03 bits per heavy atom. The molecule has 0 unspecified atom stereocenters. The van der Waals surface area contributed by atoms with E-state index in [-0.39, 0.29) is 0 Å². The molecule has 0 bridgehead atoms. The number of anilines is 2. The Kier molecular flexibility index (Phi) is 4.86. The summed E-state index contributed by atoms with van der Waals surface area (Å²) in [5, 5.41) is 8.71. The molecule has 1 N–H and O–H groups in total. The molecule has 0 heterocycles. The van der Waals surface area contributed by atoms with Gasteiger partial charge in [0.25, 0.3) is 0 Å². The maximum absolute atomic E-state index is 3.56. The Morgan fingerprint density at radius 3 is 1.85 bits per heavy atom. The number of hydrogen-bond acceptors (Lipinski definition) is 1. The van der Waals surface area contributed by atoms with Crippen LogP contribution in [0, 0.1) is 0 Å². The summed E-state index contributed by atoms with van der Waals surface area (Å²) in [6, 6.07) is 47.4. The zero-order valence-corrected chi connectivity index (χ0v) is 18.2. The summed E-state index contributed by atoms with van der Waals surface area (Å²) in [6.45, 7) is 0. The van der Waals surface area contributed by atoms with Gasteiger partial charge >= 0.3 is 0 Å². The van der Waals surface area contributed by atoms with Crippen LogP contribution in [0.15, 0.2) is 133 Å². The van der Waals surface area contributed by atoms with Crippen molar-refractivity contribution in [3.63, 3.8) is 0 Å². The van der Waals surface area contributed by atoms with Gasteiger partial charge in [-0.15, -0.1) is 0 Å². The summed E-state index contributed by atoms with van der Waals surface area (Å²) in [7, 11) is 0. The third-order valence-corrected chi connectivity index (χ3v) is 6.22. The van der Waals surface area contributed by atoms with Gasteiger partial charge in [0.05, 0.1) is 0 Å². The molecule has 1 nitrogen and oxygen atoms in total. The summed E-state index contributed by atoms with van der Waals surface area (Å²) < 4.78 is 0. The van der Waals surface area contributed by atoms with Crippen molar-refractivity contribution in [2.75, 3.05) is 5.32 Å². The standard InChI is InChI=1S/C32H23N/c1-2-9-23(10-3-1)25-12-8-13-28(21-25)33-27-19-17-24(18-20-27)32-22-26-11-4-5-14-29(26)30-15-6-7-16-31(30)32/h1-22,33H. The fraction of sp³-hybridized carbons (Fsp3) is 0. The molecule has 0 saturated carbocycles. The van der Waals surface area contributed by atoms with Crippen molar-refractivity contribution in [2.24, 2.45) is 0 Å². The monoisotopic (exact) mass is 421 g/mol. The maximum Gasteiger partial charge on any atom is 0.0390 e. The Hall–Kier alpha value is -4.36. The first-order valence-corrected chi connectivity index (χ1v) is 11.3. The predicted molar refractivity (Wildman–Crippen MR) is 142 cm³/mol. The second-order valence-electron chi connectivity index (χ2n) is 8.34. The number of benzene rings is 6. The molecule has 156 valence electrons. The van der Waals surface area contributed by atoms with Crippen LogP contribution in [0.1, 0.15) is 0 Å². The maximum atomic E-state index is 3.56. The predicted octanol–water partition coefficient (Wildman–Crippen LogP) is 9.07. The third-order valence-electron chi connectivity index (χ3n) is 6.22. The quantitative estimate of drug-likeness (QED) is 0.280. The highest BCUT2D eigenvalue weighted by atomic mass is 14.9. The molecular weight excluding hydrogens is 398 g/mol. The van der Waals surface area contributed by atoms with Crippen molar-refractivity contribution in [1.29, 1.82) is 0 Å². The molecule has 0 atom stereocenters. The lowest BCUT2D eigenvalue weighted by atomic mass is 9.93. The van der Waals surface area contributed by atoms with Gasteiger partial charge in [0.2, 0.25) is 0 Å². The minimum atomic E-state index is 1.08. The lowest BCUT2D eigenvalue weighted by Gasteiger charge is -2.13. The van der Waals surface area contributed by atoms with E-state index >= 15 is 0 Å². The van der Waals surface area contributed by atoms with E-state index in [0.29, 0.717) is 0 Å². The van der Waals surface area contributed by atoms with Crippen LogP contribution < -0.4 is 5.32 Å². The van der Waals surface area contributed by atoms with Crippen LogP contribution in [0.2, 0.25) is 0 Å². The molecule has 6 rings (SSSR count). The van der Waals surface area contributed by atoms with Gasteiger partial charge in [-0.25, -0.2) is 0 Å². The molecule has 6 aromatic carbocycles. The summed E-state index contributed by atoms with van der Waals surface area (Å²) in [5.74, 6) is 0. The van der Waals surface area contributed by atoms with Gasteiger partial charge in [-0.2, -0.15) is 0 Å². The normalized spacial score (nSPS) is 11.0. The van der Waals surface area contributed by atoms with E-state index in [1.807, 2.05) is 6.07 Å². The molecule has 0 aliphatic heterocycles. The van der Waals surface area contributed by atoms with Gasteiger partial charge < -0.3 is 5.32 Å². The Balaban J connectivity index is 1.34. The molecular formula is C32H23N. The van der Waals surface area contributed by atoms with Crippen LogP contribution in [0.5, 0.6) is 0 Å². The summed E-state index contributed by atoms with van der Waals surface area (Å²) in [5.41, 5.74) is 7.08. The van der Waals surface area contributed by atoms with E-state index < -0.39 is 0 Å². The number of hydrogen-bond donors (Lipinski definition) is 1. The van der Waals surface area contributed by atoms with Gasteiger partial charge in [0, 0.05) is 11.4 Å². The van der Waals surface area contributed by atoms with Gasteiger partial charge in [0.1, 0.15) is 0 Å². The number of fused-ring (bicyclic) bond motifs is 3. The SMILES string of the molecule is c1ccc(-c2cccc(Nc3ccc(-c4cc5ccccc5c5ccccc45)cc3)c2)cc1. The first-order valence-electron chi connectivity index (χ1n) is 11.3. The molecule has 1 heteroatoms. The van der Waals surface area contributed by atoms with Crippen molar-refractivity contribution in [1.82, 2.24) is 0 Å². The van der Waals surface area contributed by atoms with Crippen molar-refractivity contribution in [2.45, 2.75) is 0 Å². The molecule has 33 heavy (non-hydrogen) atoms. The van der Waals surface area contributed by atoms with Gasteiger partial charge in [0.15, 0.2) is 0 Å². The molecule has 0 saturated heterocycles. The van der Waals surface area contributed by atoms with Crippen LogP contribution in [0.25, 0.3) is 43.8 Å². The third kappa shape index (κ3) is 3.75. The topological polar surface area (TPSA) is 12.0 Å². The molecule has 6 aromatic rings. The smallest absolute Gasteiger partial charge is 0.0390 e. The highest BCUT2D eigenvalue weighted by molar-refractivity contribution is 6.13. The van der Waals surface area contributed by atoms with Crippen LogP contribution >= 0.6 is 0 Å². The molecule has 0 aliphatic carbocycles. The van der Waals surface area contributed by atoms with Gasteiger partial charge in [-0.1, -0.05) is 103 Å². The molecule has 0 spiro atoms. The fourth-order valence-corrected chi connectivity index (χ4v) is 4.60. The molecule has 0 radical (unpaired) electrons. The fourth-order valence-electron chi connectivity index (χ4n) is 4.60. The van der Waals surface area contributed by atoms with Crippen molar-refractivity contribution < 1.29 is 0 Å². The van der Waals surface area contributed by atoms with E-state index in [1.54, 1.807) is 0 Å². The van der Waals surface area contributed by atoms with Crippen LogP contribution in [-0.2, 0) is 0 Å². The Labute approximate surface area is 194 Å². The lowest BCUT2D eigenvalue weighted by Crippen LogP contribution is -1.91. The average molecular weight is 422 g/mol. The minimum Gasteiger partial charge on any atom is -0.356 e. The van der Waals surface area contributed by atoms with E-state index in [4.69, 9.17) is 0 Å². The van der Waals surface area contributed by atoms with E-state index in [0.717, 1.165) is 11.4 Å². The van der Waals surface area contributed by atoms with Crippen LogP contribution in [0.4, 0.5) is 11.4 Å². The molecule has 0 amide bonds. The number of rotatable bonds is 4. The highest BCUT2D eigenvalue weighted by Crippen LogP contribution is 2.35. The second kappa shape index (κ2) is 8.29. The number of nitrogens with one attached hydrogen (secondary N) is 1. The van der Waals surface area contributed by atoms with Gasteiger partial charge in [-0.3, -0.25) is 0 Å². The largest absolute Gasteiger partial charge is 0.356 e. The zero-order chi connectivity index (χ0) is 22.0. The lowest BCUT2D eigenvalue weighted by molar-refractivity contribution is 1.54. The summed E-state index contributed by atoms with van der Waals surface area (Å²) in [4.78, 5) is 0. The first-order chi connectivity index (χ1) is 16.3. The second-order valence-corrected chi connectivity index (χ2v) is 8.34. The van der Waals surface area contributed by atoms with E-state index in [9.17, 15) is 0 Å². The average Bonchev–Trinajstić information content (AvgIpc) is 2.89. The minimum absolute atomic E-state index is 1.08. The first kappa shape index (κ1) is 19.3. The molecule has 0 fully saturated rings. The van der Waals surface area contributed by atoms with E-state index in [1.165, 1.54) is 43.8 Å².